The summed E-state index contributed by atoms with van der Waals surface area (Å²) >= 11 is 0. The number of carboxylic acid groups (broad SMARTS) is 1. The molecule has 0 amide bonds. The Morgan fingerprint density at radius 3 is 2.23 bits per heavy atom. The minimum atomic E-state index is -4.69. The lowest BCUT2D eigenvalue weighted by Gasteiger charge is -2.10. The smallest absolute Gasteiger partial charge is 0.433 e. The van der Waals surface area contributed by atoms with E-state index in [1.165, 1.54) is 12.1 Å². The molecular formula is C21H15F4N4O2-. The minimum Gasteiger partial charge on any atom is -0.674 e. The second-order valence-corrected chi connectivity index (χ2v) is 6.30. The lowest BCUT2D eigenvalue weighted by Crippen LogP contribution is -2.14. The first-order chi connectivity index (χ1) is 14.7. The fourth-order valence-electron chi connectivity index (χ4n) is 2.64. The number of nitrogens with zero attached hydrogens (tertiary/aromatic N) is 3. The lowest BCUT2D eigenvalue weighted by atomic mass is 10.1. The van der Waals surface area contributed by atoms with Gasteiger partial charge in [0.15, 0.2) is 17.0 Å². The third-order valence-electron chi connectivity index (χ3n) is 4.12. The molecule has 4 aromatic rings. The highest BCUT2D eigenvalue weighted by Crippen LogP contribution is 2.32. The Balaban J connectivity index is 0.000000254. The number of aromatic carboxylic acids is 1. The zero-order valence-electron chi connectivity index (χ0n) is 15.8. The summed E-state index contributed by atoms with van der Waals surface area (Å²) in [6.07, 6.45) is -4.69. The normalized spacial score (nSPS) is 11.1. The monoisotopic (exact) mass is 431 g/mol. The molecule has 2 aromatic heterocycles. The Kier molecular flexibility index (Phi) is 6.30. The van der Waals surface area contributed by atoms with Crippen LogP contribution in [0.4, 0.5) is 17.6 Å². The molecule has 0 bridgehead atoms. The zero-order chi connectivity index (χ0) is 22.6. The van der Waals surface area contributed by atoms with Crippen molar-refractivity contribution in [2.24, 2.45) is 0 Å². The van der Waals surface area contributed by atoms with Crippen LogP contribution >= 0.6 is 0 Å². The Morgan fingerprint density at radius 2 is 1.68 bits per heavy atom. The van der Waals surface area contributed by atoms with Gasteiger partial charge in [-0.05, 0) is 18.2 Å². The van der Waals surface area contributed by atoms with Crippen molar-refractivity contribution in [3.63, 3.8) is 0 Å². The second-order valence-electron chi connectivity index (χ2n) is 6.30. The summed E-state index contributed by atoms with van der Waals surface area (Å²) in [5, 5.41) is 12.3. The number of hydrogen-bond donors (Lipinski definition) is 1. The van der Waals surface area contributed by atoms with Gasteiger partial charge in [0.1, 0.15) is 5.82 Å². The maximum absolute atomic E-state index is 13.2. The van der Waals surface area contributed by atoms with E-state index in [9.17, 15) is 22.4 Å². The van der Waals surface area contributed by atoms with Crippen LogP contribution in [0, 0.1) is 5.82 Å². The van der Waals surface area contributed by atoms with Crippen LogP contribution < -0.4 is 0 Å². The van der Waals surface area contributed by atoms with E-state index in [-0.39, 0.29) is 23.7 Å². The average molecular weight is 431 g/mol. The van der Waals surface area contributed by atoms with E-state index in [0.717, 1.165) is 17.7 Å². The van der Waals surface area contributed by atoms with Crippen LogP contribution in [0.5, 0.6) is 0 Å². The number of carbonyl (C=O) groups is 1. The molecule has 0 spiro atoms. The predicted octanol–water partition coefficient (Wildman–Crippen LogP) is 5.49. The number of benzene rings is 2. The summed E-state index contributed by atoms with van der Waals surface area (Å²) in [6, 6.07) is 16.1. The quantitative estimate of drug-likeness (QED) is 0.434. The molecule has 0 aliphatic rings. The van der Waals surface area contributed by atoms with Gasteiger partial charge in [-0.25, -0.2) is 18.7 Å². The molecule has 0 aliphatic carbocycles. The van der Waals surface area contributed by atoms with Gasteiger partial charge in [0.2, 0.25) is 0 Å². The highest BCUT2D eigenvalue weighted by Gasteiger charge is 2.35. The number of alkyl halides is 3. The summed E-state index contributed by atoms with van der Waals surface area (Å²) in [5.41, 5.74) is 6.57. The first kappa shape index (κ1) is 21.9. The maximum Gasteiger partial charge on any atom is 0.433 e. The maximum atomic E-state index is 13.2. The summed E-state index contributed by atoms with van der Waals surface area (Å²) in [6.45, 7) is 0.222. The standard InChI is InChI=1S/C14H8F3N3O2.C7H7FN/c15-14(16,17)11-6-9(8-4-2-1-3-5-8)18-12-7-10(13(21)22)19-20(11)12;8-7-3-1-6(5-9)2-4-7/h1-7H,(H,21,22);1-4,9H,5H2/q;-1. The molecule has 4 rings (SSSR count). The van der Waals surface area contributed by atoms with Crippen LogP contribution in [0.3, 0.4) is 0 Å². The van der Waals surface area contributed by atoms with E-state index < -0.39 is 23.5 Å². The molecular weight excluding hydrogens is 416 g/mol. The predicted molar refractivity (Wildman–Crippen MR) is 105 cm³/mol. The van der Waals surface area contributed by atoms with Crippen molar-refractivity contribution in [1.29, 1.82) is 0 Å². The largest absolute Gasteiger partial charge is 0.674 e. The Morgan fingerprint density at radius 1 is 1.03 bits per heavy atom. The van der Waals surface area contributed by atoms with Crippen molar-refractivity contribution < 1.29 is 27.5 Å². The molecule has 0 saturated heterocycles. The molecule has 2 N–H and O–H groups in total. The summed E-state index contributed by atoms with van der Waals surface area (Å²) < 4.78 is 52.2. The van der Waals surface area contributed by atoms with Crippen molar-refractivity contribution in [3.8, 4) is 11.3 Å². The number of nitrogens with one attached hydrogen (secondary N) is 1. The van der Waals surface area contributed by atoms with Gasteiger partial charge in [0.25, 0.3) is 0 Å². The van der Waals surface area contributed by atoms with E-state index in [1.54, 1.807) is 42.5 Å². The molecule has 2 heterocycles. The van der Waals surface area contributed by atoms with Gasteiger partial charge in [0.05, 0.1) is 5.69 Å². The van der Waals surface area contributed by atoms with Gasteiger partial charge < -0.3 is 10.8 Å². The molecule has 160 valence electrons. The Hall–Kier alpha value is -3.79. The van der Waals surface area contributed by atoms with E-state index in [0.29, 0.717) is 10.1 Å². The van der Waals surface area contributed by atoms with Crippen LogP contribution in [0.1, 0.15) is 21.7 Å². The van der Waals surface area contributed by atoms with Crippen molar-refractivity contribution in [2.75, 3.05) is 0 Å². The number of halogens is 4. The third-order valence-corrected chi connectivity index (χ3v) is 4.12. The third kappa shape index (κ3) is 5.23. The number of aromatic nitrogens is 3. The van der Waals surface area contributed by atoms with E-state index in [1.807, 2.05) is 0 Å². The second kappa shape index (κ2) is 8.92. The van der Waals surface area contributed by atoms with Crippen LogP contribution in [-0.4, -0.2) is 25.7 Å². The zero-order valence-corrected chi connectivity index (χ0v) is 15.8. The van der Waals surface area contributed by atoms with Crippen molar-refractivity contribution >= 4 is 11.6 Å². The average Bonchev–Trinajstić information content (AvgIpc) is 3.18. The van der Waals surface area contributed by atoms with Crippen molar-refractivity contribution in [3.05, 3.63) is 95.2 Å². The highest BCUT2D eigenvalue weighted by molar-refractivity contribution is 5.86. The molecule has 31 heavy (non-hydrogen) atoms. The van der Waals surface area contributed by atoms with Crippen LogP contribution in [0.15, 0.2) is 66.7 Å². The van der Waals surface area contributed by atoms with E-state index in [4.69, 9.17) is 10.8 Å². The van der Waals surface area contributed by atoms with Crippen molar-refractivity contribution in [1.82, 2.24) is 14.6 Å². The lowest BCUT2D eigenvalue weighted by molar-refractivity contribution is -0.142. The Labute approximate surface area is 173 Å². The Bertz CT molecular complexity index is 1190. The molecule has 2 aromatic carbocycles. The summed E-state index contributed by atoms with van der Waals surface area (Å²) in [4.78, 5) is 15.0. The van der Waals surface area contributed by atoms with Gasteiger partial charge in [0, 0.05) is 11.6 Å². The molecule has 6 nitrogen and oxygen atoms in total. The van der Waals surface area contributed by atoms with Crippen LogP contribution in [0.2, 0.25) is 0 Å². The van der Waals surface area contributed by atoms with Crippen LogP contribution in [-0.2, 0) is 12.7 Å². The number of fused-ring (bicyclic) bond motifs is 1. The first-order valence-electron chi connectivity index (χ1n) is 8.85. The topological polar surface area (TPSA) is 91.3 Å². The van der Waals surface area contributed by atoms with Crippen molar-refractivity contribution in [2.45, 2.75) is 12.7 Å². The van der Waals surface area contributed by atoms with Crippen LogP contribution in [0.25, 0.3) is 22.6 Å². The molecule has 0 radical (unpaired) electrons. The summed E-state index contributed by atoms with van der Waals surface area (Å²) in [7, 11) is 0. The summed E-state index contributed by atoms with van der Waals surface area (Å²) in [5.74, 6) is -1.66. The molecule has 0 unspecified atom stereocenters. The van der Waals surface area contributed by atoms with Gasteiger partial charge in [-0.1, -0.05) is 48.0 Å². The molecule has 0 saturated carbocycles. The highest BCUT2D eigenvalue weighted by atomic mass is 19.4. The number of rotatable bonds is 3. The number of hydrogen-bond acceptors (Lipinski definition) is 3. The van der Waals surface area contributed by atoms with E-state index >= 15 is 0 Å². The SMILES string of the molecule is O=C(O)c1cc2nc(-c3ccccc3)cc(C(F)(F)F)n2n1.[NH-]Cc1ccc(F)cc1. The fourth-order valence-corrected chi connectivity index (χ4v) is 2.64. The molecule has 0 fully saturated rings. The fraction of sp³-hybridized carbons (Fsp3) is 0.0952. The van der Waals surface area contributed by atoms with E-state index in [2.05, 4.69) is 10.1 Å². The van der Waals surface area contributed by atoms with Gasteiger partial charge in [-0.15, -0.1) is 6.54 Å². The van der Waals surface area contributed by atoms with Gasteiger partial charge in [-0.2, -0.15) is 18.3 Å². The van der Waals surface area contributed by atoms with Gasteiger partial charge in [-0.3, -0.25) is 0 Å². The minimum absolute atomic E-state index is 0.0947. The molecule has 10 heteroatoms. The molecule has 0 aliphatic heterocycles. The van der Waals surface area contributed by atoms with Gasteiger partial charge >= 0.3 is 12.1 Å². The molecule has 0 atom stereocenters. The number of carboxylic acids is 1. The first-order valence-corrected chi connectivity index (χ1v) is 8.85.